The molecule has 47 heavy (non-hydrogen) atoms. The first-order valence-corrected chi connectivity index (χ1v) is 15.9. The number of rotatable bonds is 8. The highest BCUT2D eigenvalue weighted by Gasteiger charge is 2.30. The molecule has 1 atom stereocenters. The summed E-state index contributed by atoms with van der Waals surface area (Å²) in [5, 5.41) is 0. The molecule has 2 aromatic heterocycles. The molecule has 244 valence electrons. The zero-order valence-corrected chi connectivity index (χ0v) is 27.6. The second-order valence-corrected chi connectivity index (χ2v) is 12.8. The Kier molecular flexibility index (Phi) is 8.93. The number of imidazole rings is 1. The van der Waals surface area contributed by atoms with E-state index in [2.05, 4.69) is 11.8 Å². The minimum absolute atomic E-state index is 0.0541. The van der Waals surface area contributed by atoms with Gasteiger partial charge in [-0.2, -0.15) is 4.98 Å². The van der Waals surface area contributed by atoms with Crippen LogP contribution in [0.1, 0.15) is 38.8 Å². The molecule has 0 N–H and O–H groups in total. The molecule has 0 aliphatic carbocycles. The average Bonchev–Trinajstić information content (AvgIpc) is 3.31. The zero-order chi connectivity index (χ0) is 33.1. The number of pyridine rings is 1. The largest absolute Gasteiger partial charge is 0.473 e. The molecule has 5 aromatic rings. The highest BCUT2D eigenvalue weighted by atomic mass is 16.6. The van der Waals surface area contributed by atoms with Gasteiger partial charge in [0.05, 0.1) is 11.0 Å². The summed E-state index contributed by atoms with van der Waals surface area (Å²) >= 11 is 0. The van der Waals surface area contributed by atoms with Crippen LogP contribution in [0.15, 0.2) is 95.8 Å². The smallest absolute Gasteiger partial charge is 0.410 e. The first-order valence-electron chi connectivity index (χ1n) is 15.9. The maximum absolute atomic E-state index is 13.8. The maximum atomic E-state index is 13.8. The number of benzene rings is 3. The number of hydrogen-bond acceptors (Lipinski definition) is 7. The molecule has 1 amide bonds. The number of piperazine rings is 1. The molecule has 6 rings (SSSR count). The molecule has 1 saturated heterocycles. The van der Waals surface area contributed by atoms with E-state index in [-0.39, 0.29) is 24.4 Å². The predicted octanol–water partition coefficient (Wildman–Crippen LogP) is 6.33. The van der Waals surface area contributed by atoms with Crippen LogP contribution in [0.3, 0.4) is 0 Å². The molecule has 1 aliphatic heterocycles. The number of aromatic nitrogens is 3. The lowest BCUT2D eigenvalue weighted by molar-refractivity contribution is 0.0219. The Morgan fingerprint density at radius 2 is 1.51 bits per heavy atom. The molecule has 1 fully saturated rings. The van der Waals surface area contributed by atoms with Crippen molar-refractivity contribution in [2.24, 2.45) is 7.05 Å². The van der Waals surface area contributed by atoms with E-state index in [9.17, 15) is 9.59 Å². The number of amides is 1. The quantitative estimate of drug-likeness (QED) is 0.197. The van der Waals surface area contributed by atoms with Gasteiger partial charge < -0.3 is 24.0 Å². The van der Waals surface area contributed by atoms with Crippen molar-refractivity contribution in [3.63, 3.8) is 0 Å². The van der Waals surface area contributed by atoms with Crippen LogP contribution in [-0.4, -0.2) is 56.4 Å². The molecule has 3 heterocycles. The summed E-state index contributed by atoms with van der Waals surface area (Å²) in [7, 11) is 1.77. The third kappa shape index (κ3) is 7.11. The molecule has 0 radical (unpaired) electrons. The molecular weight excluding hydrogens is 594 g/mol. The lowest BCUT2D eigenvalue weighted by Crippen LogP contribution is -2.54. The Morgan fingerprint density at radius 1 is 0.851 bits per heavy atom. The highest BCUT2D eigenvalue weighted by molar-refractivity contribution is 5.83. The third-order valence-electron chi connectivity index (χ3n) is 8.15. The van der Waals surface area contributed by atoms with Crippen LogP contribution in [0.2, 0.25) is 0 Å². The maximum Gasteiger partial charge on any atom is 0.410 e. The van der Waals surface area contributed by atoms with Gasteiger partial charge in [-0.25, -0.2) is 9.59 Å². The fourth-order valence-electron chi connectivity index (χ4n) is 5.80. The number of carbonyl (C=O) groups is 1. The summed E-state index contributed by atoms with van der Waals surface area (Å²) < 4.78 is 21.2. The number of nitrogens with zero attached hydrogens (tertiary/aromatic N) is 5. The Bertz CT molecular complexity index is 1910. The number of ether oxygens (including phenoxy) is 3. The second kappa shape index (κ2) is 13.2. The lowest BCUT2D eigenvalue weighted by atomic mass is 10.1. The Labute approximate surface area is 274 Å². The van der Waals surface area contributed by atoms with E-state index >= 15 is 0 Å². The van der Waals surface area contributed by atoms with Crippen molar-refractivity contribution in [1.29, 1.82) is 0 Å². The van der Waals surface area contributed by atoms with Gasteiger partial charge in [0.15, 0.2) is 0 Å². The Balaban J connectivity index is 1.30. The van der Waals surface area contributed by atoms with Crippen LogP contribution >= 0.6 is 0 Å². The molecule has 0 bridgehead atoms. The van der Waals surface area contributed by atoms with Crippen molar-refractivity contribution in [3.05, 3.63) is 113 Å². The van der Waals surface area contributed by atoms with Gasteiger partial charge in [-0.3, -0.25) is 9.13 Å². The minimum atomic E-state index is -0.544. The molecule has 10 heteroatoms. The minimum Gasteiger partial charge on any atom is -0.473 e. The second-order valence-electron chi connectivity index (χ2n) is 12.8. The van der Waals surface area contributed by atoms with Crippen molar-refractivity contribution in [2.75, 3.05) is 24.5 Å². The van der Waals surface area contributed by atoms with Crippen LogP contribution in [-0.2, 0) is 25.0 Å². The molecular formula is C37H41N5O5. The average molecular weight is 636 g/mol. The van der Waals surface area contributed by atoms with Gasteiger partial charge in [0.1, 0.15) is 24.5 Å². The van der Waals surface area contributed by atoms with Crippen molar-refractivity contribution in [1.82, 2.24) is 19.0 Å². The number of hydrogen-bond donors (Lipinski definition) is 0. The summed E-state index contributed by atoms with van der Waals surface area (Å²) in [4.78, 5) is 35.3. The van der Waals surface area contributed by atoms with Crippen LogP contribution in [0.5, 0.6) is 11.8 Å². The third-order valence-corrected chi connectivity index (χ3v) is 8.15. The molecule has 3 aromatic carbocycles. The topological polar surface area (TPSA) is 91.1 Å². The van der Waals surface area contributed by atoms with Gasteiger partial charge in [-0.1, -0.05) is 60.7 Å². The standard InChI is InChI=1S/C37H41N5O5/c1-26-23-40(36(44)47-37(2,3)4)20-21-41(26)29-16-17-30-32(22-29)39(5)35(43)42(30)31-18-19-33(45-24-27-12-8-6-9-13-27)38-34(31)46-25-28-14-10-7-11-15-28/h6-19,22,26H,20-21,23-25H2,1-5H3/t26-/m1/s1. The van der Waals surface area contributed by atoms with Crippen molar-refractivity contribution < 1.29 is 19.0 Å². The van der Waals surface area contributed by atoms with E-state index in [1.165, 1.54) is 0 Å². The van der Waals surface area contributed by atoms with Gasteiger partial charge >= 0.3 is 11.8 Å². The Morgan fingerprint density at radius 3 is 2.15 bits per heavy atom. The zero-order valence-electron chi connectivity index (χ0n) is 27.6. The summed E-state index contributed by atoms with van der Waals surface area (Å²) in [6.45, 7) is 10.1. The van der Waals surface area contributed by atoms with E-state index in [1.807, 2.05) is 106 Å². The summed E-state index contributed by atoms with van der Waals surface area (Å²) in [5.74, 6) is 0.695. The van der Waals surface area contributed by atoms with Crippen LogP contribution in [0, 0.1) is 0 Å². The molecule has 0 unspecified atom stereocenters. The Hall–Kier alpha value is -5.25. The van der Waals surface area contributed by atoms with Crippen LogP contribution in [0.25, 0.3) is 16.7 Å². The van der Waals surface area contributed by atoms with Gasteiger partial charge in [0, 0.05) is 44.5 Å². The van der Waals surface area contributed by atoms with E-state index in [0.29, 0.717) is 43.7 Å². The normalized spacial score (nSPS) is 15.1. The van der Waals surface area contributed by atoms with Gasteiger partial charge in [-0.05, 0) is 63.1 Å². The summed E-state index contributed by atoms with van der Waals surface area (Å²) in [5.41, 5.74) is 4.24. The first kappa shape index (κ1) is 31.7. The van der Waals surface area contributed by atoms with E-state index < -0.39 is 5.60 Å². The van der Waals surface area contributed by atoms with Crippen molar-refractivity contribution >= 4 is 22.8 Å². The molecule has 0 spiro atoms. The fourth-order valence-corrected chi connectivity index (χ4v) is 5.80. The van der Waals surface area contributed by atoms with Gasteiger partial charge in [0.25, 0.3) is 0 Å². The number of carbonyl (C=O) groups excluding carboxylic acids is 1. The highest BCUT2D eigenvalue weighted by Crippen LogP contribution is 2.31. The van der Waals surface area contributed by atoms with Crippen LogP contribution in [0.4, 0.5) is 10.5 Å². The first-order chi connectivity index (χ1) is 22.6. The summed E-state index contributed by atoms with van der Waals surface area (Å²) in [6.07, 6.45) is -0.297. The predicted molar refractivity (Wildman–Crippen MR) is 182 cm³/mol. The molecule has 0 saturated carbocycles. The van der Waals surface area contributed by atoms with Crippen molar-refractivity contribution in [2.45, 2.75) is 52.6 Å². The van der Waals surface area contributed by atoms with Crippen LogP contribution < -0.4 is 20.1 Å². The number of fused-ring (bicyclic) bond motifs is 1. The number of aryl methyl sites for hydroxylation is 1. The molecule has 1 aliphatic rings. The summed E-state index contributed by atoms with van der Waals surface area (Å²) in [6, 6.07) is 29.4. The van der Waals surface area contributed by atoms with Gasteiger partial charge in [-0.15, -0.1) is 0 Å². The molecule has 10 nitrogen and oxygen atoms in total. The fraction of sp³-hybridized carbons (Fsp3) is 0.324. The lowest BCUT2D eigenvalue weighted by Gasteiger charge is -2.41. The monoisotopic (exact) mass is 635 g/mol. The van der Waals surface area contributed by atoms with E-state index in [1.54, 1.807) is 27.1 Å². The van der Waals surface area contributed by atoms with E-state index in [0.717, 1.165) is 27.8 Å². The van der Waals surface area contributed by atoms with Gasteiger partial charge in [0.2, 0.25) is 11.8 Å². The SMILES string of the molecule is C[C@@H]1CN(C(=O)OC(C)(C)C)CCN1c1ccc2c(c1)n(C)c(=O)n2-c1ccc(OCc2ccccc2)nc1OCc1ccccc1. The number of anilines is 1. The van der Waals surface area contributed by atoms with Crippen molar-refractivity contribution in [3.8, 4) is 17.4 Å². The van der Waals surface area contributed by atoms with E-state index in [4.69, 9.17) is 19.2 Å².